The molecule has 1 aromatic heterocycles. The van der Waals surface area contributed by atoms with Crippen molar-refractivity contribution in [1.82, 2.24) is 29.6 Å². The number of carbonyl (C=O) groups is 2. The second-order valence-corrected chi connectivity index (χ2v) is 11.9. The van der Waals surface area contributed by atoms with Crippen molar-refractivity contribution < 1.29 is 28.5 Å². The number of imidazole rings is 1. The molecule has 13 heteroatoms. The lowest BCUT2D eigenvalue weighted by Gasteiger charge is -2.44. The number of benzene rings is 2. The number of carbonyl (C=O) groups excluding carboxylic acids is 2. The number of amides is 2. The zero-order valence-corrected chi connectivity index (χ0v) is 27.2. The van der Waals surface area contributed by atoms with Crippen LogP contribution < -0.4 is 24.3 Å². The fraction of sp³-hybridized carbons (Fsp3) is 0.412. The van der Waals surface area contributed by atoms with E-state index in [0.717, 1.165) is 17.0 Å². The maximum absolute atomic E-state index is 13.6. The third-order valence-corrected chi connectivity index (χ3v) is 8.58. The van der Waals surface area contributed by atoms with E-state index in [2.05, 4.69) is 33.9 Å². The zero-order chi connectivity index (χ0) is 32.9. The Morgan fingerprint density at radius 1 is 1.02 bits per heavy atom. The van der Waals surface area contributed by atoms with Gasteiger partial charge in [-0.3, -0.25) is 14.2 Å². The van der Waals surface area contributed by atoms with Gasteiger partial charge in [-0.25, -0.2) is 9.98 Å². The van der Waals surface area contributed by atoms with Gasteiger partial charge in [-0.1, -0.05) is 12.1 Å². The number of ether oxygens (including phenoxy) is 4. The summed E-state index contributed by atoms with van der Waals surface area (Å²) in [6.07, 6.45) is 9.51. The Bertz CT molecular complexity index is 1640. The Morgan fingerprint density at radius 2 is 1.83 bits per heavy atom. The lowest BCUT2D eigenvalue weighted by atomic mass is 10.0. The molecule has 13 nitrogen and oxygen atoms in total. The van der Waals surface area contributed by atoms with Gasteiger partial charge in [0, 0.05) is 57.2 Å². The summed E-state index contributed by atoms with van der Waals surface area (Å²) in [6, 6.07) is 11.0. The van der Waals surface area contributed by atoms with Crippen molar-refractivity contribution in [3.63, 3.8) is 0 Å². The van der Waals surface area contributed by atoms with Crippen molar-refractivity contribution in [2.24, 2.45) is 4.99 Å². The fourth-order valence-corrected chi connectivity index (χ4v) is 6.07. The number of amidine groups is 1. The van der Waals surface area contributed by atoms with Crippen molar-refractivity contribution in [3.8, 4) is 23.0 Å². The molecule has 1 saturated heterocycles. The molecule has 0 aliphatic carbocycles. The number of nitrogens with zero attached hydrogens (tertiary/aromatic N) is 6. The summed E-state index contributed by atoms with van der Waals surface area (Å²) < 4.78 is 23.6. The van der Waals surface area contributed by atoms with Gasteiger partial charge in [0.05, 0.1) is 33.0 Å². The van der Waals surface area contributed by atoms with Gasteiger partial charge in [0.1, 0.15) is 5.84 Å². The number of piperazine rings is 1. The van der Waals surface area contributed by atoms with E-state index in [0.29, 0.717) is 49.2 Å². The molecule has 2 atom stereocenters. The molecule has 0 bridgehead atoms. The number of methoxy groups -OCH3 is 2. The van der Waals surface area contributed by atoms with Crippen LogP contribution in [0, 0.1) is 0 Å². The molecule has 1 N–H and O–H groups in total. The SMILES string of the molecule is COc1ccc(CNC(=O)CC2CN(C(=O)Cc3ccc4c(c3)OCO4)CCN2C2=NC(n3ccnc3)N(C(C)C)C=C2)cc1OC. The lowest BCUT2D eigenvalue weighted by Crippen LogP contribution is -2.58. The highest BCUT2D eigenvalue weighted by Gasteiger charge is 2.34. The highest BCUT2D eigenvalue weighted by Crippen LogP contribution is 2.33. The van der Waals surface area contributed by atoms with Crippen LogP contribution in [0.15, 0.2) is 72.4 Å². The van der Waals surface area contributed by atoms with Gasteiger partial charge < -0.3 is 39.0 Å². The number of aromatic nitrogens is 2. The number of hydrogen-bond acceptors (Lipinski definition) is 10. The first kappa shape index (κ1) is 31.8. The maximum Gasteiger partial charge on any atom is 0.231 e. The molecule has 1 fully saturated rings. The summed E-state index contributed by atoms with van der Waals surface area (Å²) >= 11 is 0. The Hall–Kier alpha value is -5.20. The smallest absolute Gasteiger partial charge is 0.231 e. The Labute approximate surface area is 274 Å². The summed E-state index contributed by atoms with van der Waals surface area (Å²) in [7, 11) is 3.17. The third-order valence-electron chi connectivity index (χ3n) is 8.58. The minimum absolute atomic E-state index is 0.0114. The first-order valence-electron chi connectivity index (χ1n) is 15.7. The largest absolute Gasteiger partial charge is 0.493 e. The van der Waals surface area contributed by atoms with E-state index in [4.69, 9.17) is 23.9 Å². The van der Waals surface area contributed by atoms with Gasteiger partial charge >= 0.3 is 0 Å². The van der Waals surface area contributed by atoms with Crippen molar-refractivity contribution in [2.45, 2.75) is 51.6 Å². The van der Waals surface area contributed by atoms with Crippen LogP contribution in [0.3, 0.4) is 0 Å². The van der Waals surface area contributed by atoms with Crippen molar-refractivity contribution >= 4 is 17.6 Å². The predicted molar refractivity (Wildman–Crippen MR) is 174 cm³/mol. The van der Waals surface area contributed by atoms with Crippen molar-refractivity contribution in [1.29, 1.82) is 0 Å². The highest BCUT2D eigenvalue weighted by molar-refractivity contribution is 5.94. The lowest BCUT2D eigenvalue weighted by molar-refractivity contribution is -0.134. The number of fused-ring (bicyclic) bond motifs is 1. The van der Waals surface area contributed by atoms with Crippen LogP contribution in [0.25, 0.3) is 0 Å². The molecule has 2 unspecified atom stereocenters. The van der Waals surface area contributed by atoms with Gasteiger partial charge in [-0.05, 0) is 55.3 Å². The maximum atomic E-state index is 13.6. The molecule has 3 aromatic rings. The number of rotatable bonds is 10. The van der Waals surface area contributed by atoms with E-state index in [1.807, 2.05) is 64.3 Å². The van der Waals surface area contributed by atoms with Crippen molar-refractivity contribution in [2.75, 3.05) is 40.6 Å². The molecule has 47 heavy (non-hydrogen) atoms. The average Bonchev–Trinajstić information content (AvgIpc) is 3.79. The first-order valence-corrected chi connectivity index (χ1v) is 15.7. The van der Waals surface area contributed by atoms with Gasteiger partial charge in [-0.15, -0.1) is 0 Å². The molecule has 248 valence electrons. The minimum Gasteiger partial charge on any atom is -0.493 e. The van der Waals surface area contributed by atoms with E-state index in [9.17, 15) is 9.59 Å². The summed E-state index contributed by atoms with van der Waals surface area (Å²) in [6.45, 7) is 6.15. The molecule has 3 aliphatic heterocycles. The second kappa shape index (κ2) is 14.1. The van der Waals surface area contributed by atoms with E-state index < -0.39 is 0 Å². The van der Waals surface area contributed by atoms with Gasteiger partial charge in [0.15, 0.2) is 23.0 Å². The highest BCUT2D eigenvalue weighted by atomic mass is 16.7. The Kier molecular flexibility index (Phi) is 9.50. The quantitative estimate of drug-likeness (QED) is 0.355. The number of aliphatic imine (C=N–C) groups is 1. The zero-order valence-electron chi connectivity index (χ0n) is 27.2. The molecular weight excluding hydrogens is 602 g/mol. The minimum atomic E-state index is -0.317. The van der Waals surface area contributed by atoms with Crippen LogP contribution in [0.5, 0.6) is 23.0 Å². The van der Waals surface area contributed by atoms with Crippen LogP contribution >= 0.6 is 0 Å². The Morgan fingerprint density at radius 3 is 2.60 bits per heavy atom. The molecule has 4 heterocycles. The standard InChI is InChI=1S/C34H41N7O6/c1-23(2)40-11-9-31(37-34(40)39-12-10-35-21-39)41-14-13-38(33(43)17-24-5-8-28-30(15-24)47-22-46-28)20-26(41)18-32(42)36-19-25-6-7-27(44-3)29(16-25)45-4/h5-12,15-16,21,23,26,34H,13-14,17-20,22H2,1-4H3,(H,36,42). The molecule has 0 radical (unpaired) electrons. The number of hydrogen-bond donors (Lipinski definition) is 1. The monoisotopic (exact) mass is 643 g/mol. The van der Waals surface area contributed by atoms with E-state index in [1.165, 1.54) is 0 Å². The van der Waals surface area contributed by atoms with Gasteiger partial charge in [0.25, 0.3) is 0 Å². The molecule has 2 aromatic carbocycles. The fourth-order valence-electron chi connectivity index (χ4n) is 6.07. The van der Waals surface area contributed by atoms with Gasteiger partial charge in [0.2, 0.25) is 24.9 Å². The summed E-state index contributed by atoms with van der Waals surface area (Å²) in [4.78, 5) is 42.5. The third kappa shape index (κ3) is 7.13. The van der Waals surface area contributed by atoms with Crippen LogP contribution in [0.1, 0.15) is 37.7 Å². The average molecular weight is 644 g/mol. The molecule has 0 saturated carbocycles. The van der Waals surface area contributed by atoms with E-state index in [1.54, 1.807) is 26.7 Å². The van der Waals surface area contributed by atoms with Gasteiger partial charge in [-0.2, -0.15) is 0 Å². The molecule has 6 rings (SSSR count). The molecule has 0 spiro atoms. The Balaban J connectivity index is 1.19. The summed E-state index contributed by atoms with van der Waals surface area (Å²) in [5.74, 6) is 3.17. The van der Waals surface area contributed by atoms with Crippen LogP contribution in [0.4, 0.5) is 0 Å². The predicted octanol–water partition coefficient (Wildman–Crippen LogP) is 3.18. The van der Waals surface area contributed by atoms with Crippen LogP contribution in [-0.2, 0) is 22.6 Å². The summed E-state index contributed by atoms with van der Waals surface area (Å²) in [5, 5.41) is 3.05. The van der Waals surface area contributed by atoms with E-state index >= 15 is 0 Å². The summed E-state index contributed by atoms with van der Waals surface area (Å²) in [5.41, 5.74) is 1.73. The normalized spacial score (nSPS) is 18.7. The first-order chi connectivity index (χ1) is 22.8. The van der Waals surface area contributed by atoms with Crippen molar-refractivity contribution in [3.05, 3.63) is 78.5 Å². The molecular formula is C34H41N7O6. The molecule has 2 amide bonds. The van der Waals surface area contributed by atoms with Crippen LogP contribution in [-0.4, -0.2) is 94.6 Å². The van der Waals surface area contributed by atoms with E-state index in [-0.39, 0.29) is 49.8 Å². The molecule has 3 aliphatic rings. The van der Waals surface area contributed by atoms with Crippen LogP contribution in [0.2, 0.25) is 0 Å². The number of nitrogens with one attached hydrogen (secondary N) is 1. The second-order valence-electron chi connectivity index (χ2n) is 11.9. The topological polar surface area (TPSA) is 123 Å².